The van der Waals surface area contributed by atoms with Gasteiger partial charge in [-0.25, -0.2) is 8.42 Å². The summed E-state index contributed by atoms with van der Waals surface area (Å²) in [6.45, 7) is 0.270. The highest BCUT2D eigenvalue weighted by atomic mass is 35.5. The zero-order valence-corrected chi connectivity index (χ0v) is 15.8. The first-order chi connectivity index (χ1) is 10.6. The van der Waals surface area contributed by atoms with E-state index in [-0.39, 0.29) is 41.1 Å². The average molecular weight is 402 g/mol. The molecule has 0 N–H and O–H groups in total. The van der Waals surface area contributed by atoms with Crippen molar-refractivity contribution in [3.8, 4) is 0 Å². The van der Waals surface area contributed by atoms with Crippen LogP contribution in [0.25, 0.3) is 0 Å². The molecule has 0 radical (unpaired) electrons. The van der Waals surface area contributed by atoms with Crippen LogP contribution in [-0.4, -0.2) is 70.0 Å². The monoisotopic (exact) mass is 401 g/mol. The van der Waals surface area contributed by atoms with Crippen molar-refractivity contribution in [2.45, 2.75) is 4.90 Å². The van der Waals surface area contributed by atoms with E-state index in [1.807, 2.05) is 0 Å². The Hall–Kier alpha value is -0.420. The Balaban J connectivity index is 2.21. The lowest BCUT2D eigenvalue weighted by Crippen LogP contribution is -2.52. The summed E-state index contributed by atoms with van der Waals surface area (Å²) in [5, 5.41) is 0.347. The molecule has 1 heterocycles. The predicted octanol–water partition coefficient (Wildman–Crippen LogP) is 1.11. The van der Waals surface area contributed by atoms with Crippen LogP contribution >= 0.6 is 23.2 Å². The molecule has 7 nitrogen and oxygen atoms in total. The second-order valence-corrected chi connectivity index (χ2v) is 10.1. The fraction of sp³-hybridized carbons (Fsp3) is 0.500. The lowest BCUT2D eigenvalue weighted by Gasteiger charge is -2.34. The number of hydrogen-bond acceptors (Lipinski definition) is 4. The van der Waals surface area contributed by atoms with E-state index in [1.54, 1.807) is 0 Å². The number of benzene rings is 1. The molecule has 1 saturated heterocycles. The summed E-state index contributed by atoms with van der Waals surface area (Å²) in [6.07, 6.45) is 0. The largest absolute Gasteiger partial charge is 0.281 e. The average Bonchev–Trinajstić information content (AvgIpc) is 2.49. The topological polar surface area (TPSA) is 78.0 Å². The molecule has 1 aromatic rings. The first-order valence-corrected chi connectivity index (χ1v) is 10.3. The van der Waals surface area contributed by atoms with Gasteiger partial charge in [-0.15, -0.1) is 0 Å². The molecule has 23 heavy (non-hydrogen) atoms. The zero-order valence-electron chi connectivity index (χ0n) is 12.6. The van der Waals surface area contributed by atoms with Crippen LogP contribution in [0, 0.1) is 0 Å². The van der Waals surface area contributed by atoms with Gasteiger partial charge in [0.15, 0.2) is 0 Å². The predicted molar refractivity (Wildman–Crippen MR) is 89.4 cm³/mol. The summed E-state index contributed by atoms with van der Waals surface area (Å²) < 4.78 is 53.0. The molecule has 0 aliphatic carbocycles. The highest BCUT2D eigenvalue weighted by Crippen LogP contribution is 2.28. The summed E-state index contributed by atoms with van der Waals surface area (Å²) in [4.78, 5) is -0.0735. The van der Waals surface area contributed by atoms with Crippen molar-refractivity contribution in [1.82, 2.24) is 12.9 Å². The van der Waals surface area contributed by atoms with Crippen LogP contribution in [0.15, 0.2) is 23.1 Å². The van der Waals surface area contributed by atoms with E-state index in [2.05, 4.69) is 0 Å². The van der Waals surface area contributed by atoms with Crippen LogP contribution in [0.5, 0.6) is 0 Å². The van der Waals surface area contributed by atoms with Gasteiger partial charge in [0.25, 0.3) is 10.2 Å². The van der Waals surface area contributed by atoms with E-state index in [0.29, 0.717) is 0 Å². The molecule has 1 aliphatic rings. The van der Waals surface area contributed by atoms with E-state index < -0.39 is 20.2 Å². The third-order valence-corrected chi connectivity index (χ3v) is 8.05. The first kappa shape index (κ1) is 18.9. The second kappa shape index (κ2) is 6.83. The molecule has 11 heteroatoms. The Morgan fingerprint density at radius 3 is 2.00 bits per heavy atom. The van der Waals surface area contributed by atoms with Gasteiger partial charge in [0, 0.05) is 45.3 Å². The Morgan fingerprint density at radius 2 is 1.48 bits per heavy atom. The lowest BCUT2D eigenvalue weighted by molar-refractivity contribution is 0.262. The molecule has 0 spiro atoms. The van der Waals surface area contributed by atoms with Gasteiger partial charge in [-0.2, -0.15) is 21.3 Å². The minimum atomic E-state index is -3.82. The zero-order chi connectivity index (χ0) is 17.4. The highest BCUT2D eigenvalue weighted by Gasteiger charge is 2.34. The lowest BCUT2D eigenvalue weighted by atomic mass is 10.4. The Morgan fingerprint density at radius 1 is 0.957 bits per heavy atom. The van der Waals surface area contributed by atoms with E-state index in [0.717, 1.165) is 4.31 Å². The summed E-state index contributed by atoms with van der Waals surface area (Å²) in [6, 6.07) is 4.22. The van der Waals surface area contributed by atoms with Gasteiger partial charge in [-0.1, -0.05) is 23.2 Å². The fourth-order valence-electron chi connectivity index (χ4n) is 2.19. The Bertz CT molecular complexity index is 789. The van der Waals surface area contributed by atoms with Crippen molar-refractivity contribution in [2.75, 3.05) is 40.3 Å². The first-order valence-electron chi connectivity index (χ1n) is 6.69. The summed E-state index contributed by atoms with van der Waals surface area (Å²) >= 11 is 11.8. The van der Waals surface area contributed by atoms with Crippen LogP contribution in [0.4, 0.5) is 0 Å². The maximum absolute atomic E-state index is 12.7. The number of rotatable bonds is 4. The minimum Gasteiger partial charge on any atom is -0.207 e. The van der Waals surface area contributed by atoms with E-state index in [9.17, 15) is 16.8 Å². The molecule has 0 aromatic heterocycles. The smallest absolute Gasteiger partial charge is 0.207 e. The van der Waals surface area contributed by atoms with E-state index >= 15 is 0 Å². The van der Waals surface area contributed by atoms with Crippen LogP contribution in [-0.2, 0) is 20.2 Å². The van der Waals surface area contributed by atoms with Crippen LogP contribution < -0.4 is 0 Å². The molecule has 0 unspecified atom stereocenters. The summed E-state index contributed by atoms with van der Waals surface area (Å²) in [5.74, 6) is 0. The molecule has 0 atom stereocenters. The quantitative estimate of drug-likeness (QED) is 0.756. The van der Waals surface area contributed by atoms with E-state index in [4.69, 9.17) is 23.2 Å². The molecule has 2 rings (SSSR count). The third-order valence-electron chi connectivity index (χ3n) is 3.50. The molecule has 1 aromatic carbocycles. The van der Waals surface area contributed by atoms with Gasteiger partial charge in [0.05, 0.1) is 5.02 Å². The van der Waals surface area contributed by atoms with Crippen molar-refractivity contribution in [1.29, 1.82) is 0 Å². The van der Waals surface area contributed by atoms with Gasteiger partial charge >= 0.3 is 0 Å². The van der Waals surface area contributed by atoms with Crippen molar-refractivity contribution >= 4 is 43.4 Å². The molecular formula is C12H17Cl2N3O4S2. The van der Waals surface area contributed by atoms with Gasteiger partial charge in [0.2, 0.25) is 10.0 Å². The molecule has 130 valence electrons. The summed E-state index contributed by atoms with van der Waals surface area (Å²) in [7, 11) is -4.50. The molecule has 0 bridgehead atoms. The molecule has 0 amide bonds. The van der Waals surface area contributed by atoms with Crippen molar-refractivity contribution in [3.05, 3.63) is 28.2 Å². The second-order valence-electron chi connectivity index (χ2n) is 5.17. The molecular weight excluding hydrogens is 385 g/mol. The third kappa shape index (κ3) is 3.81. The maximum Gasteiger partial charge on any atom is 0.281 e. The Labute approximate surface area is 146 Å². The number of sulfonamides is 1. The number of piperazine rings is 1. The van der Waals surface area contributed by atoms with Crippen molar-refractivity contribution in [3.63, 3.8) is 0 Å². The van der Waals surface area contributed by atoms with Crippen LogP contribution in [0.1, 0.15) is 0 Å². The number of nitrogens with zero attached hydrogens (tertiary/aromatic N) is 3. The number of halogens is 2. The number of hydrogen-bond donors (Lipinski definition) is 0. The SMILES string of the molecule is CN(C)S(=O)(=O)N1CCN(S(=O)(=O)c2cc(Cl)ccc2Cl)CC1. The molecule has 1 aliphatic heterocycles. The van der Waals surface area contributed by atoms with Gasteiger partial charge in [-0.05, 0) is 18.2 Å². The molecule has 0 saturated carbocycles. The van der Waals surface area contributed by atoms with Gasteiger partial charge < -0.3 is 0 Å². The van der Waals surface area contributed by atoms with Gasteiger partial charge in [0.1, 0.15) is 4.90 Å². The minimum absolute atomic E-state index is 0.0538. The van der Waals surface area contributed by atoms with Gasteiger partial charge in [-0.3, -0.25) is 0 Å². The normalized spacial score (nSPS) is 18.5. The van der Waals surface area contributed by atoms with Crippen molar-refractivity contribution in [2.24, 2.45) is 0 Å². The highest BCUT2D eigenvalue weighted by molar-refractivity contribution is 7.89. The summed E-state index contributed by atoms with van der Waals surface area (Å²) in [5.41, 5.74) is 0. The van der Waals surface area contributed by atoms with Crippen LogP contribution in [0.3, 0.4) is 0 Å². The maximum atomic E-state index is 12.7. The Kier molecular flexibility index (Phi) is 5.62. The van der Waals surface area contributed by atoms with Crippen LogP contribution in [0.2, 0.25) is 10.0 Å². The van der Waals surface area contributed by atoms with E-state index in [1.165, 1.54) is 40.9 Å². The standard InChI is InChI=1S/C12H17Cl2N3O4S2/c1-15(2)23(20,21)17-7-5-16(6-8-17)22(18,19)12-9-10(13)3-4-11(12)14/h3-4,9H,5-8H2,1-2H3. The van der Waals surface area contributed by atoms with Crippen molar-refractivity contribution < 1.29 is 16.8 Å². The fourth-order valence-corrected chi connectivity index (χ4v) is 5.43. The molecule has 1 fully saturated rings.